The van der Waals surface area contributed by atoms with Crippen LogP contribution in [0.2, 0.25) is 0 Å². The van der Waals surface area contributed by atoms with Crippen LogP contribution >= 0.6 is 0 Å². The second-order valence-electron chi connectivity index (χ2n) is 4.67. The Morgan fingerprint density at radius 2 is 2.08 bits per heavy atom. The average Bonchev–Trinajstić information content (AvgIpc) is 2.03. The summed E-state index contributed by atoms with van der Waals surface area (Å²) < 4.78 is 0. The maximum absolute atomic E-state index is 4.06. The van der Waals surface area contributed by atoms with Crippen molar-refractivity contribution >= 4 is 0 Å². The highest BCUT2D eigenvalue weighted by molar-refractivity contribution is 4.97. The van der Waals surface area contributed by atoms with Crippen molar-refractivity contribution in [1.82, 2.24) is 0 Å². The zero-order chi connectivity index (χ0) is 9.14. The standard InChI is InChI=1S/C12H22/c1-9(2)11(4)12-7-5-6-10(3)8-12/h10-12H,1,5-8H2,2-4H3. The predicted octanol–water partition coefficient (Wildman–Crippen LogP) is 4.02. The Bertz CT molecular complexity index is 157. The van der Waals surface area contributed by atoms with Crippen molar-refractivity contribution in [3.63, 3.8) is 0 Å². The van der Waals surface area contributed by atoms with Gasteiger partial charge in [-0.25, -0.2) is 0 Å². The monoisotopic (exact) mass is 166 g/mol. The Balaban J connectivity index is 2.45. The van der Waals surface area contributed by atoms with Crippen LogP contribution in [0.5, 0.6) is 0 Å². The smallest absolute Gasteiger partial charge is 0.0209 e. The summed E-state index contributed by atoms with van der Waals surface area (Å²) in [6.07, 6.45) is 5.73. The van der Waals surface area contributed by atoms with Gasteiger partial charge in [0.05, 0.1) is 0 Å². The van der Waals surface area contributed by atoms with Gasteiger partial charge in [0, 0.05) is 0 Å². The minimum Gasteiger partial charge on any atom is -0.0999 e. The molecule has 0 saturated heterocycles. The quantitative estimate of drug-likeness (QED) is 0.543. The molecule has 1 saturated carbocycles. The van der Waals surface area contributed by atoms with Crippen LogP contribution in [0, 0.1) is 17.8 Å². The lowest BCUT2D eigenvalue weighted by molar-refractivity contribution is 0.235. The van der Waals surface area contributed by atoms with Crippen LogP contribution < -0.4 is 0 Å². The van der Waals surface area contributed by atoms with Crippen LogP contribution in [0.1, 0.15) is 46.5 Å². The first-order chi connectivity index (χ1) is 5.61. The first-order valence-corrected chi connectivity index (χ1v) is 5.26. The van der Waals surface area contributed by atoms with Gasteiger partial charge < -0.3 is 0 Å². The zero-order valence-electron chi connectivity index (χ0n) is 8.77. The van der Waals surface area contributed by atoms with Gasteiger partial charge in [0.25, 0.3) is 0 Å². The molecule has 0 spiro atoms. The lowest BCUT2D eigenvalue weighted by atomic mass is 9.74. The van der Waals surface area contributed by atoms with Gasteiger partial charge in [0.2, 0.25) is 0 Å². The fourth-order valence-corrected chi connectivity index (χ4v) is 2.34. The van der Waals surface area contributed by atoms with Crippen LogP contribution in [-0.4, -0.2) is 0 Å². The first-order valence-electron chi connectivity index (χ1n) is 5.26. The molecule has 3 unspecified atom stereocenters. The molecule has 1 aliphatic carbocycles. The van der Waals surface area contributed by atoms with E-state index in [9.17, 15) is 0 Å². The van der Waals surface area contributed by atoms with Gasteiger partial charge in [-0.1, -0.05) is 38.8 Å². The van der Waals surface area contributed by atoms with Crippen LogP contribution in [0.15, 0.2) is 12.2 Å². The number of hydrogen-bond acceptors (Lipinski definition) is 0. The summed E-state index contributed by atoms with van der Waals surface area (Å²) in [6.45, 7) is 11.0. The molecular formula is C12H22. The molecule has 0 amide bonds. The van der Waals surface area contributed by atoms with E-state index in [2.05, 4.69) is 27.4 Å². The van der Waals surface area contributed by atoms with Gasteiger partial charge in [-0.05, 0) is 37.5 Å². The van der Waals surface area contributed by atoms with Crippen molar-refractivity contribution in [3.8, 4) is 0 Å². The van der Waals surface area contributed by atoms with E-state index in [4.69, 9.17) is 0 Å². The molecule has 12 heavy (non-hydrogen) atoms. The molecular weight excluding hydrogens is 144 g/mol. The molecule has 1 rings (SSSR count). The topological polar surface area (TPSA) is 0 Å². The van der Waals surface area contributed by atoms with E-state index in [0.717, 1.165) is 17.8 Å². The Morgan fingerprint density at radius 1 is 1.42 bits per heavy atom. The lowest BCUT2D eigenvalue weighted by Crippen LogP contribution is -2.20. The van der Waals surface area contributed by atoms with E-state index in [-0.39, 0.29) is 0 Å². The molecule has 0 aromatic heterocycles. The van der Waals surface area contributed by atoms with Crippen LogP contribution in [0.3, 0.4) is 0 Å². The fourth-order valence-electron chi connectivity index (χ4n) is 2.34. The number of hydrogen-bond donors (Lipinski definition) is 0. The molecule has 0 bridgehead atoms. The van der Waals surface area contributed by atoms with Gasteiger partial charge in [0.15, 0.2) is 0 Å². The zero-order valence-corrected chi connectivity index (χ0v) is 8.77. The maximum Gasteiger partial charge on any atom is -0.0209 e. The van der Waals surface area contributed by atoms with Crippen molar-refractivity contribution < 1.29 is 0 Å². The summed E-state index contributed by atoms with van der Waals surface area (Å²) in [5.41, 5.74) is 1.37. The largest absolute Gasteiger partial charge is 0.0999 e. The second-order valence-corrected chi connectivity index (χ2v) is 4.67. The van der Waals surface area contributed by atoms with Crippen molar-refractivity contribution in [2.75, 3.05) is 0 Å². The molecule has 0 heterocycles. The Hall–Kier alpha value is -0.260. The summed E-state index contributed by atoms with van der Waals surface area (Å²) in [5.74, 6) is 2.62. The third-order valence-electron chi connectivity index (χ3n) is 3.46. The molecule has 0 nitrogen and oxygen atoms in total. The van der Waals surface area contributed by atoms with Crippen molar-refractivity contribution in [2.45, 2.75) is 46.5 Å². The summed E-state index contributed by atoms with van der Waals surface area (Å²) in [4.78, 5) is 0. The Kier molecular flexibility index (Phi) is 3.37. The SMILES string of the molecule is C=C(C)C(C)C1CCCC(C)C1. The van der Waals surface area contributed by atoms with Gasteiger partial charge in [0.1, 0.15) is 0 Å². The van der Waals surface area contributed by atoms with E-state index in [0.29, 0.717) is 0 Å². The molecule has 70 valence electrons. The van der Waals surface area contributed by atoms with Gasteiger partial charge >= 0.3 is 0 Å². The van der Waals surface area contributed by atoms with Crippen molar-refractivity contribution in [2.24, 2.45) is 17.8 Å². The summed E-state index contributed by atoms with van der Waals surface area (Å²) >= 11 is 0. The molecule has 0 heteroatoms. The van der Waals surface area contributed by atoms with E-state index >= 15 is 0 Å². The summed E-state index contributed by atoms with van der Waals surface area (Å²) in [6, 6.07) is 0. The molecule has 1 aliphatic rings. The molecule has 0 aromatic carbocycles. The van der Waals surface area contributed by atoms with E-state index in [1.54, 1.807) is 0 Å². The molecule has 3 atom stereocenters. The van der Waals surface area contributed by atoms with Crippen molar-refractivity contribution in [1.29, 1.82) is 0 Å². The van der Waals surface area contributed by atoms with Gasteiger partial charge in [-0.3, -0.25) is 0 Å². The lowest BCUT2D eigenvalue weighted by Gasteiger charge is -2.31. The summed E-state index contributed by atoms with van der Waals surface area (Å²) in [7, 11) is 0. The minimum absolute atomic E-state index is 0.743. The highest BCUT2D eigenvalue weighted by atomic mass is 14.3. The molecule has 0 aliphatic heterocycles. The first kappa shape index (κ1) is 9.83. The third kappa shape index (κ3) is 2.36. The molecule has 0 aromatic rings. The average molecular weight is 166 g/mol. The molecule has 0 N–H and O–H groups in total. The fraction of sp³-hybridized carbons (Fsp3) is 0.833. The normalized spacial score (nSPS) is 32.9. The highest BCUT2D eigenvalue weighted by Gasteiger charge is 2.23. The minimum atomic E-state index is 0.743. The van der Waals surface area contributed by atoms with E-state index in [1.807, 2.05) is 0 Å². The highest BCUT2D eigenvalue weighted by Crippen LogP contribution is 2.35. The van der Waals surface area contributed by atoms with E-state index in [1.165, 1.54) is 31.3 Å². The third-order valence-corrected chi connectivity index (χ3v) is 3.46. The van der Waals surface area contributed by atoms with Gasteiger partial charge in [-0.2, -0.15) is 0 Å². The van der Waals surface area contributed by atoms with Gasteiger partial charge in [-0.15, -0.1) is 0 Å². The van der Waals surface area contributed by atoms with Crippen LogP contribution in [-0.2, 0) is 0 Å². The molecule has 1 fully saturated rings. The number of allylic oxidation sites excluding steroid dienone is 1. The maximum atomic E-state index is 4.06. The Labute approximate surface area is 77.1 Å². The van der Waals surface area contributed by atoms with Crippen LogP contribution in [0.25, 0.3) is 0 Å². The second kappa shape index (κ2) is 4.11. The van der Waals surface area contributed by atoms with Crippen molar-refractivity contribution in [3.05, 3.63) is 12.2 Å². The van der Waals surface area contributed by atoms with E-state index < -0.39 is 0 Å². The summed E-state index contributed by atoms with van der Waals surface area (Å²) in [5, 5.41) is 0. The number of rotatable bonds is 2. The predicted molar refractivity (Wildman–Crippen MR) is 55.1 cm³/mol. The van der Waals surface area contributed by atoms with Crippen LogP contribution in [0.4, 0.5) is 0 Å². The Morgan fingerprint density at radius 3 is 2.58 bits per heavy atom. The molecule has 0 radical (unpaired) electrons.